The Bertz CT molecular complexity index is 1060. The predicted octanol–water partition coefficient (Wildman–Crippen LogP) is 4.75. The number of carbonyl (C=O) groups is 1. The maximum absolute atomic E-state index is 12.2. The van der Waals surface area contributed by atoms with Crippen molar-refractivity contribution in [3.63, 3.8) is 0 Å². The summed E-state index contributed by atoms with van der Waals surface area (Å²) in [6, 6.07) is 20.9. The molecule has 6 heteroatoms. The second-order valence-electron chi connectivity index (χ2n) is 5.63. The topological polar surface area (TPSA) is 59.5 Å². The molecule has 4 rings (SSSR count). The first-order chi connectivity index (χ1) is 12.7. The minimum absolute atomic E-state index is 0.228. The minimum Gasteiger partial charge on any atom is -0.451 e. The first kappa shape index (κ1) is 16.4. The van der Waals surface area contributed by atoms with Gasteiger partial charge in [0.05, 0.1) is 11.9 Å². The van der Waals surface area contributed by atoms with Crippen molar-refractivity contribution in [2.24, 2.45) is 5.10 Å². The van der Waals surface area contributed by atoms with E-state index in [0.717, 1.165) is 21.2 Å². The molecular weight excluding hydrogens is 394 g/mol. The van der Waals surface area contributed by atoms with E-state index in [9.17, 15) is 4.79 Å². The number of hydrogen-bond acceptors (Lipinski definition) is 3. The molecule has 0 spiro atoms. The number of nitrogens with zero attached hydrogens (tertiary/aromatic N) is 2. The van der Waals surface area contributed by atoms with Crippen molar-refractivity contribution in [2.45, 2.75) is 0 Å². The Morgan fingerprint density at radius 2 is 1.88 bits per heavy atom. The Balaban J connectivity index is 1.49. The van der Waals surface area contributed by atoms with E-state index in [4.69, 9.17) is 4.42 Å². The summed E-state index contributed by atoms with van der Waals surface area (Å²) < 4.78 is 8.52. The molecule has 0 aliphatic rings. The number of benzene rings is 2. The molecule has 0 aliphatic carbocycles. The highest BCUT2D eigenvalue weighted by Crippen LogP contribution is 2.19. The van der Waals surface area contributed by atoms with Crippen molar-refractivity contribution in [1.82, 2.24) is 9.99 Å². The number of para-hydroxylation sites is 1. The van der Waals surface area contributed by atoms with Crippen LogP contribution in [0, 0.1) is 0 Å². The van der Waals surface area contributed by atoms with E-state index in [1.165, 1.54) is 0 Å². The lowest BCUT2D eigenvalue weighted by atomic mass is 10.2. The van der Waals surface area contributed by atoms with Crippen LogP contribution in [0.15, 0.2) is 86.9 Å². The van der Waals surface area contributed by atoms with Crippen LogP contribution >= 0.6 is 15.9 Å². The average molecular weight is 408 g/mol. The van der Waals surface area contributed by atoms with Crippen LogP contribution in [0.3, 0.4) is 0 Å². The number of hydrogen-bond donors (Lipinski definition) is 1. The molecule has 128 valence electrons. The molecule has 2 heterocycles. The number of fused-ring (bicyclic) bond motifs is 1. The van der Waals surface area contributed by atoms with Gasteiger partial charge in [-0.3, -0.25) is 4.79 Å². The SMILES string of the molecule is O=C(N/N=C/c1cccn1-c1ccc(Br)cc1)c1cc2ccccc2o1. The quantitative estimate of drug-likeness (QED) is 0.391. The summed E-state index contributed by atoms with van der Waals surface area (Å²) in [7, 11) is 0. The molecule has 26 heavy (non-hydrogen) atoms. The van der Waals surface area contributed by atoms with Crippen molar-refractivity contribution < 1.29 is 9.21 Å². The number of nitrogens with one attached hydrogen (secondary N) is 1. The third-order valence-corrected chi connectivity index (χ3v) is 4.43. The second kappa shape index (κ2) is 7.01. The molecule has 5 nitrogen and oxygen atoms in total. The Labute approximate surface area is 158 Å². The Morgan fingerprint density at radius 3 is 2.69 bits per heavy atom. The number of amides is 1. The average Bonchev–Trinajstić information content (AvgIpc) is 3.29. The molecule has 4 aromatic rings. The highest BCUT2D eigenvalue weighted by molar-refractivity contribution is 9.10. The first-order valence-corrected chi connectivity index (χ1v) is 8.75. The zero-order chi connectivity index (χ0) is 17.9. The lowest BCUT2D eigenvalue weighted by Crippen LogP contribution is -2.17. The first-order valence-electron chi connectivity index (χ1n) is 7.96. The number of halogens is 1. The van der Waals surface area contributed by atoms with Crippen LogP contribution in [0.25, 0.3) is 16.7 Å². The van der Waals surface area contributed by atoms with Gasteiger partial charge in [0.1, 0.15) is 5.58 Å². The van der Waals surface area contributed by atoms with Crippen LogP contribution in [-0.4, -0.2) is 16.7 Å². The van der Waals surface area contributed by atoms with E-state index in [1.54, 1.807) is 12.3 Å². The van der Waals surface area contributed by atoms with E-state index in [-0.39, 0.29) is 11.7 Å². The summed E-state index contributed by atoms with van der Waals surface area (Å²) in [5, 5.41) is 4.93. The van der Waals surface area contributed by atoms with E-state index < -0.39 is 0 Å². The van der Waals surface area contributed by atoms with Crippen LogP contribution in [0.2, 0.25) is 0 Å². The number of aromatic nitrogens is 1. The van der Waals surface area contributed by atoms with Gasteiger partial charge < -0.3 is 8.98 Å². The lowest BCUT2D eigenvalue weighted by Gasteiger charge is -2.06. The molecule has 0 fully saturated rings. The van der Waals surface area contributed by atoms with Crippen molar-refractivity contribution in [2.75, 3.05) is 0 Å². The lowest BCUT2D eigenvalue weighted by molar-refractivity contribution is 0.0929. The molecule has 0 bridgehead atoms. The molecule has 1 N–H and O–H groups in total. The molecule has 2 aromatic carbocycles. The van der Waals surface area contributed by atoms with Crippen molar-refractivity contribution in [3.8, 4) is 5.69 Å². The molecule has 0 unspecified atom stereocenters. The van der Waals surface area contributed by atoms with Gasteiger partial charge in [0.2, 0.25) is 0 Å². The zero-order valence-corrected chi connectivity index (χ0v) is 15.2. The third-order valence-electron chi connectivity index (χ3n) is 3.90. The molecule has 0 atom stereocenters. The normalized spacial score (nSPS) is 11.3. The van der Waals surface area contributed by atoms with Gasteiger partial charge in [-0.25, -0.2) is 5.43 Å². The van der Waals surface area contributed by atoms with Crippen LogP contribution in [0.1, 0.15) is 16.2 Å². The maximum atomic E-state index is 12.2. The Hall–Kier alpha value is -3.12. The van der Waals surface area contributed by atoms with Gasteiger partial charge in [-0.15, -0.1) is 0 Å². The van der Waals surface area contributed by atoms with E-state index in [1.807, 2.05) is 71.4 Å². The smallest absolute Gasteiger partial charge is 0.307 e. The van der Waals surface area contributed by atoms with Crippen LogP contribution in [-0.2, 0) is 0 Å². The van der Waals surface area contributed by atoms with Gasteiger partial charge in [0.15, 0.2) is 5.76 Å². The molecule has 0 saturated carbocycles. The summed E-state index contributed by atoms with van der Waals surface area (Å²) in [6.07, 6.45) is 3.54. The summed E-state index contributed by atoms with van der Waals surface area (Å²) in [5.41, 5.74) is 5.02. The molecular formula is C20H14BrN3O2. The fourth-order valence-electron chi connectivity index (χ4n) is 2.64. The highest BCUT2D eigenvalue weighted by atomic mass is 79.9. The van der Waals surface area contributed by atoms with Crippen LogP contribution < -0.4 is 5.43 Å². The minimum atomic E-state index is -0.390. The monoisotopic (exact) mass is 407 g/mol. The van der Waals surface area contributed by atoms with Gasteiger partial charge >= 0.3 is 5.91 Å². The summed E-state index contributed by atoms with van der Waals surface area (Å²) >= 11 is 3.43. The number of hydrazone groups is 1. The summed E-state index contributed by atoms with van der Waals surface area (Å²) in [6.45, 7) is 0. The van der Waals surface area contributed by atoms with Crippen molar-refractivity contribution in [1.29, 1.82) is 0 Å². The summed E-state index contributed by atoms with van der Waals surface area (Å²) in [4.78, 5) is 12.2. The standard InChI is InChI=1S/C20H14BrN3O2/c21-15-7-9-16(10-8-15)24-11-3-5-17(24)13-22-23-20(25)19-12-14-4-1-2-6-18(14)26-19/h1-13H,(H,23,25)/b22-13+. The van der Waals surface area contributed by atoms with E-state index in [2.05, 4.69) is 26.5 Å². The van der Waals surface area contributed by atoms with Crippen LogP contribution in [0.4, 0.5) is 0 Å². The second-order valence-corrected chi connectivity index (χ2v) is 6.54. The van der Waals surface area contributed by atoms with E-state index >= 15 is 0 Å². The number of rotatable bonds is 4. The predicted molar refractivity (Wildman–Crippen MR) is 105 cm³/mol. The Morgan fingerprint density at radius 1 is 1.08 bits per heavy atom. The van der Waals surface area contributed by atoms with Gasteiger partial charge in [-0.2, -0.15) is 5.10 Å². The van der Waals surface area contributed by atoms with Gasteiger partial charge in [0, 0.05) is 21.7 Å². The molecule has 2 aromatic heterocycles. The number of carbonyl (C=O) groups excluding carboxylic acids is 1. The van der Waals surface area contributed by atoms with Crippen molar-refractivity contribution in [3.05, 3.63) is 88.9 Å². The van der Waals surface area contributed by atoms with Gasteiger partial charge in [-0.05, 0) is 48.5 Å². The largest absolute Gasteiger partial charge is 0.451 e. The van der Waals surface area contributed by atoms with Gasteiger partial charge in [-0.1, -0.05) is 34.1 Å². The molecule has 0 radical (unpaired) electrons. The Kier molecular flexibility index (Phi) is 4.41. The van der Waals surface area contributed by atoms with Crippen molar-refractivity contribution >= 4 is 39.0 Å². The fraction of sp³-hybridized carbons (Fsp3) is 0. The molecule has 1 amide bonds. The summed E-state index contributed by atoms with van der Waals surface area (Å²) in [5.74, 6) is -0.161. The van der Waals surface area contributed by atoms with Crippen LogP contribution in [0.5, 0.6) is 0 Å². The van der Waals surface area contributed by atoms with Gasteiger partial charge in [0.25, 0.3) is 0 Å². The maximum Gasteiger partial charge on any atom is 0.307 e. The molecule has 0 saturated heterocycles. The zero-order valence-electron chi connectivity index (χ0n) is 13.6. The molecule has 0 aliphatic heterocycles. The highest BCUT2D eigenvalue weighted by Gasteiger charge is 2.11. The number of furan rings is 1. The van der Waals surface area contributed by atoms with E-state index in [0.29, 0.717) is 5.58 Å². The third kappa shape index (κ3) is 3.32. The fourth-order valence-corrected chi connectivity index (χ4v) is 2.91.